The van der Waals surface area contributed by atoms with E-state index in [4.69, 9.17) is 11.5 Å². The van der Waals surface area contributed by atoms with Gasteiger partial charge in [-0.05, 0) is 25.7 Å². The first-order chi connectivity index (χ1) is 10.6. The van der Waals surface area contributed by atoms with E-state index in [-0.39, 0.29) is 48.8 Å². The SMILES string of the molecule is N[C@@H]1CCCC[C@H]1NC(=O)CCC(=O)N[C@@H]1CCCC[C@H]1N. The van der Waals surface area contributed by atoms with Gasteiger partial charge < -0.3 is 22.1 Å². The molecule has 6 N–H and O–H groups in total. The van der Waals surface area contributed by atoms with Crippen LogP contribution in [0, 0.1) is 0 Å². The van der Waals surface area contributed by atoms with E-state index in [0.717, 1.165) is 51.4 Å². The fraction of sp³-hybridized carbons (Fsp3) is 0.875. The Labute approximate surface area is 132 Å². The molecule has 0 aromatic rings. The van der Waals surface area contributed by atoms with Crippen LogP contribution in [0.1, 0.15) is 64.2 Å². The number of hydrogen-bond acceptors (Lipinski definition) is 4. The highest BCUT2D eigenvalue weighted by Crippen LogP contribution is 2.18. The van der Waals surface area contributed by atoms with Crippen LogP contribution in [-0.2, 0) is 9.59 Å². The molecule has 6 nitrogen and oxygen atoms in total. The van der Waals surface area contributed by atoms with Crippen LogP contribution in [0.5, 0.6) is 0 Å². The molecule has 0 bridgehead atoms. The van der Waals surface area contributed by atoms with Gasteiger partial charge in [-0.1, -0.05) is 25.7 Å². The summed E-state index contributed by atoms with van der Waals surface area (Å²) < 4.78 is 0. The fourth-order valence-electron chi connectivity index (χ4n) is 3.46. The van der Waals surface area contributed by atoms with Crippen molar-refractivity contribution >= 4 is 11.8 Å². The second kappa shape index (κ2) is 8.48. The normalized spacial score (nSPS) is 32.3. The quantitative estimate of drug-likeness (QED) is 0.594. The largest absolute Gasteiger partial charge is 0.352 e. The van der Waals surface area contributed by atoms with E-state index < -0.39 is 0 Å². The van der Waals surface area contributed by atoms with E-state index in [9.17, 15) is 9.59 Å². The average molecular weight is 310 g/mol. The smallest absolute Gasteiger partial charge is 0.220 e. The second-order valence-electron chi connectivity index (χ2n) is 6.74. The molecule has 2 rings (SSSR count). The van der Waals surface area contributed by atoms with Crippen LogP contribution in [0.25, 0.3) is 0 Å². The van der Waals surface area contributed by atoms with Crippen molar-refractivity contribution in [1.82, 2.24) is 10.6 Å². The molecular formula is C16H30N4O2. The number of carbonyl (C=O) groups is 2. The number of hydrogen-bond donors (Lipinski definition) is 4. The first kappa shape index (κ1) is 17.2. The van der Waals surface area contributed by atoms with Crippen molar-refractivity contribution in [2.45, 2.75) is 88.4 Å². The van der Waals surface area contributed by atoms with Gasteiger partial charge in [0, 0.05) is 37.0 Å². The predicted molar refractivity (Wildman–Crippen MR) is 86.0 cm³/mol. The van der Waals surface area contributed by atoms with Crippen LogP contribution in [0.4, 0.5) is 0 Å². The fourth-order valence-corrected chi connectivity index (χ4v) is 3.46. The Bertz CT molecular complexity index is 352. The molecule has 2 amide bonds. The minimum Gasteiger partial charge on any atom is -0.352 e. The summed E-state index contributed by atoms with van der Waals surface area (Å²) in [5, 5.41) is 5.94. The van der Waals surface area contributed by atoms with E-state index in [1.54, 1.807) is 0 Å². The van der Waals surface area contributed by atoms with Crippen LogP contribution in [-0.4, -0.2) is 36.0 Å². The number of amides is 2. The average Bonchev–Trinajstić information content (AvgIpc) is 2.50. The summed E-state index contributed by atoms with van der Waals surface area (Å²) in [6, 6.07) is 0.227. The van der Waals surface area contributed by atoms with Crippen LogP contribution in [0.15, 0.2) is 0 Å². The zero-order valence-corrected chi connectivity index (χ0v) is 13.4. The summed E-state index contributed by atoms with van der Waals surface area (Å²) in [5.74, 6) is -0.157. The second-order valence-corrected chi connectivity index (χ2v) is 6.74. The Morgan fingerprint density at radius 1 is 0.727 bits per heavy atom. The first-order valence-electron chi connectivity index (χ1n) is 8.66. The first-order valence-corrected chi connectivity index (χ1v) is 8.66. The third-order valence-electron chi connectivity index (χ3n) is 4.91. The highest BCUT2D eigenvalue weighted by molar-refractivity contribution is 5.84. The summed E-state index contributed by atoms with van der Waals surface area (Å²) in [5.41, 5.74) is 12.0. The lowest BCUT2D eigenvalue weighted by atomic mass is 9.90. The molecular weight excluding hydrogens is 280 g/mol. The van der Waals surface area contributed by atoms with Crippen LogP contribution >= 0.6 is 0 Å². The third kappa shape index (κ3) is 5.25. The van der Waals surface area contributed by atoms with Gasteiger partial charge in [-0.25, -0.2) is 0 Å². The third-order valence-corrected chi connectivity index (χ3v) is 4.91. The Morgan fingerprint density at radius 3 is 1.45 bits per heavy atom. The van der Waals surface area contributed by atoms with Crippen molar-refractivity contribution < 1.29 is 9.59 Å². The van der Waals surface area contributed by atoms with E-state index in [2.05, 4.69) is 10.6 Å². The number of carbonyl (C=O) groups excluding carboxylic acids is 2. The standard InChI is InChI=1S/C16H30N4O2/c17-11-5-1-3-7-13(11)19-15(21)9-10-16(22)20-14-8-4-2-6-12(14)18/h11-14H,1-10,17-18H2,(H,19,21)(H,20,22)/t11-,12-,13-,14-/m1/s1. The van der Waals surface area contributed by atoms with Crippen molar-refractivity contribution in [2.75, 3.05) is 0 Å². The lowest BCUT2D eigenvalue weighted by Crippen LogP contribution is -2.50. The van der Waals surface area contributed by atoms with Gasteiger partial charge in [0.1, 0.15) is 0 Å². The summed E-state index contributed by atoms with van der Waals surface area (Å²) in [6.45, 7) is 0. The Balaban J connectivity index is 1.65. The van der Waals surface area contributed by atoms with Gasteiger partial charge >= 0.3 is 0 Å². The summed E-state index contributed by atoms with van der Waals surface area (Å²) in [6.07, 6.45) is 8.74. The predicted octanol–water partition coefficient (Wildman–Crippen LogP) is 0.539. The van der Waals surface area contributed by atoms with Crippen LogP contribution in [0.2, 0.25) is 0 Å². The molecule has 0 saturated heterocycles. The molecule has 2 aliphatic rings. The van der Waals surface area contributed by atoms with Crippen LogP contribution < -0.4 is 22.1 Å². The van der Waals surface area contributed by atoms with Crippen molar-refractivity contribution in [3.63, 3.8) is 0 Å². The topological polar surface area (TPSA) is 110 Å². The van der Waals surface area contributed by atoms with Crippen LogP contribution in [0.3, 0.4) is 0 Å². The lowest BCUT2D eigenvalue weighted by molar-refractivity contribution is -0.127. The molecule has 2 aliphatic carbocycles. The van der Waals surface area contributed by atoms with Gasteiger partial charge in [-0.2, -0.15) is 0 Å². The molecule has 0 aromatic carbocycles. The Morgan fingerprint density at radius 2 is 1.09 bits per heavy atom. The Hall–Kier alpha value is -1.14. The molecule has 0 radical (unpaired) electrons. The maximum Gasteiger partial charge on any atom is 0.220 e. The van der Waals surface area contributed by atoms with E-state index in [0.29, 0.717) is 0 Å². The molecule has 2 saturated carbocycles. The maximum absolute atomic E-state index is 11.9. The van der Waals surface area contributed by atoms with Gasteiger partial charge in [0.15, 0.2) is 0 Å². The Kier molecular flexibility index (Phi) is 6.64. The molecule has 0 unspecified atom stereocenters. The highest BCUT2D eigenvalue weighted by Gasteiger charge is 2.25. The lowest BCUT2D eigenvalue weighted by Gasteiger charge is -2.30. The highest BCUT2D eigenvalue weighted by atomic mass is 16.2. The van der Waals surface area contributed by atoms with Gasteiger partial charge in [0.2, 0.25) is 11.8 Å². The van der Waals surface area contributed by atoms with Gasteiger partial charge in [-0.15, -0.1) is 0 Å². The molecule has 6 heteroatoms. The number of nitrogens with one attached hydrogen (secondary N) is 2. The monoisotopic (exact) mass is 310 g/mol. The van der Waals surface area contributed by atoms with Gasteiger partial charge in [0.05, 0.1) is 0 Å². The van der Waals surface area contributed by atoms with Crippen molar-refractivity contribution in [3.8, 4) is 0 Å². The molecule has 0 aromatic heterocycles. The molecule has 0 aliphatic heterocycles. The van der Waals surface area contributed by atoms with Gasteiger partial charge in [0.25, 0.3) is 0 Å². The molecule has 4 atom stereocenters. The van der Waals surface area contributed by atoms with Crippen molar-refractivity contribution in [1.29, 1.82) is 0 Å². The van der Waals surface area contributed by atoms with E-state index in [1.165, 1.54) is 0 Å². The summed E-state index contributed by atoms with van der Waals surface area (Å²) in [4.78, 5) is 23.9. The molecule has 126 valence electrons. The van der Waals surface area contributed by atoms with Gasteiger partial charge in [-0.3, -0.25) is 9.59 Å². The summed E-state index contributed by atoms with van der Waals surface area (Å²) in [7, 11) is 0. The number of rotatable bonds is 5. The minimum absolute atomic E-state index is 0.0479. The zero-order chi connectivity index (χ0) is 15.9. The van der Waals surface area contributed by atoms with Crippen molar-refractivity contribution in [3.05, 3.63) is 0 Å². The molecule has 2 fully saturated rings. The maximum atomic E-state index is 11.9. The zero-order valence-electron chi connectivity index (χ0n) is 13.4. The van der Waals surface area contributed by atoms with E-state index in [1.807, 2.05) is 0 Å². The molecule has 0 spiro atoms. The molecule has 22 heavy (non-hydrogen) atoms. The van der Waals surface area contributed by atoms with E-state index >= 15 is 0 Å². The number of nitrogens with two attached hydrogens (primary N) is 2. The summed E-state index contributed by atoms with van der Waals surface area (Å²) >= 11 is 0. The minimum atomic E-state index is -0.0783. The van der Waals surface area contributed by atoms with Crippen molar-refractivity contribution in [2.24, 2.45) is 11.5 Å². The molecule has 0 heterocycles.